The van der Waals surface area contributed by atoms with Crippen LogP contribution in [-0.2, 0) is 16.1 Å². The largest absolute Gasteiger partial charge is 0.383 e. The molecule has 7 heteroatoms. The summed E-state index contributed by atoms with van der Waals surface area (Å²) in [5, 5.41) is 4.05. The first-order valence-corrected chi connectivity index (χ1v) is 9.51. The first-order valence-electron chi connectivity index (χ1n) is 8.26. The number of nitrogens with one attached hydrogen (secondary N) is 1. The summed E-state index contributed by atoms with van der Waals surface area (Å²) in [6.07, 6.45) is 0. The lowest BCUT2D eigenvalue weighted by Gasteiger charge is -2.13. The zero-order valence-electron chi connectivity index (χ0n) is 14.6. The van der Waals surface area contributed by atoms with E-state index in [-0.39, 0.29) is 11.2 Å². The number of para-hydroxylation sites is 2. The van der Waals surface area contributed by atoms with Gasteiger partial charge in [0.2, 0.25) is 5.91 Å². The molecular weight excluding hydrogens is 370 g/mol. The van der Waals surface area contributed by atoms with Gasteiger partial charge in [-0.25, -0.2) is 4.98 Å². The van der Waals surface area contributed by atoms with E-state index in [1.165, 1.54) is 11.8 Å². The van der Waals surface area contributed by atoms with Gasteiger partial charge in [-0.3, -0.25) is 4.79 Å². The maximum absolute atomic E-state index is 12.5. The van der Waals surface area contributed by atoms with Crippen LogP contribution in [0.2, 0.25) is 5.02 Å². The van der Waals surface area contributed by atoms with Crippen LogP contribution in [0.1, 0.15) is 6.92 Å². The molecule has 1 N–H and O–H groups in total. The summed E-state index contributed by atoms with van der Waals surface area (Å²) >= 11 is 7.31. The Morgan fingerprint density at radius 1 is 1.27 bits per heavy atom. The van der Waals surface area contributed by atoms with Crippen LogP contribution in [0.4, 0.5) is 5.69 Å². The normalized spacial score (nSPS) is 12.3. The number of carbonyl (C=O) groups excluding carboxylic acids is 1. The summed E-state index contributed by atoms with van der Waals surface area (Å²) in [5.74, 6) is -0.0809. The topological polar surface area (TPSA) is 56.1 Å². The fraction of sp³-hybridized carbons (Fsp3) is 0.263. The van der Waals surface area contributed by atoms with Gasteiger partial charge in [-0.05, 0) is 43.3 Å². The summed E-state index contributed by atoms with van der Waals surface area (Å²) in [4.78, 5) is 17.2. The van der Waals surface area contributed by atoms with Crippen LogP contribution in [0.15, 0.2) is 53.7 Å². The predicted octanol–water partition coefficient (Wildman–Crippen LogP) is 4.46. The van der Waals surface area contributed by atoms with E-state index in [4.69, 9.17) is 16.3 Å². The molecular formula is C19H20ClN3O2S. The lowest BCUT2D eigenvalue weighted by atomic mass is 10.3. The third-order valence-electron chi connectivity index (χ3n) is 3.90. The Hall–Kier alpha value is -2.02. The van der Waals surface area contributed by atoms with Crippen LogP contribution in [-0.4, -0.2) is 34.4 Å². The zero-order valence-corrected chi connectivity index (χ0v) is 16.2. The van der Waals surface area contributed by atoms with Gasteiger partial charge in [0, 0.05) is 24.4 Å². The smallest absolute Gasteiger partial charge is 0.237 e. The molecule has 3 rings (SSSR count). The molecule has 1 amide bonds. The number of aromatic nitrogens is 2. The van der Waals surface area contributed by atoms with Crippen molar-refractivity contribution < 1.29 is 9.53 Å². The number of carbonyl (C=O) groups is 1. The maximum Gasteiger partial charge on any atom is 0.237 e. The molecule has 0 fully saturated rings. The lowest BCUT2D eigenvalue weighted by molar-refractivity contribution is -0.115. The summed E-state index contributed by atoms with van der Waals surface area (Å²) < 4.78 is 7.31. The minimum atomic E-state index is -0.302. The fourth-order valence-electron chi connectivity index (χ4n) is 2.53. The van der Waals surface area contributed by atoms with Crippen LogP contribution in [0.3, 0.4) is 0 Å². The van der Waals surface area contributed by atoms with E-state index in [0.29, 0.717) is 18.2 Å². The van der Waals surface area contributed by atoms with Crippen molar-refractivity contribution >= 4 is 46.0 Å². The highest BCUT2D eigenvalue weighted by molar-refractivity contribution is 8.00. The van der Waals surface area contributed by atoms with Gasteiger partial charge in [-0.1, -0.05) is 35.5 Å². The Morgan fingerprint density at radius 3 is 2.73 bits per heavy atom. The number of anilines is 1. The van der Waals surface area contributed by atoms with Crippen molar-refractivity contribution in [3.8, 4) is 0 Å². The lowest BCUT2D eigenvalue weighted by Crippen LogP contribution is -2.23. The van der Waals surface area contributed by atoms with Crippen LogP contribution >= 0.6 is 23.4 Å². The Kier molecular flexibility index (Phi) is 6.19. The van der Waals surface area contributed by atoms with Crippen LogP contribution in [0.5, 0.6) is 0 Å². The number of halogens is 1. The molecule has 0 saturated heterocycles. The number of nitrogens with zero attached hydrogens (tertiary/aromatic N) is 2. The molecule has 3 aromatic rings. The quantitative estimate of drug-likeness (QED) is 0.606. The van der Waals surface area contributed by atoms with Crippen LogP contribution in [0.25, 0.3) is 11.0 Å². The number of thioether (sulfide) groups is 1. The third kappa shape index (κ3) is 4.38. The highest BCUT2D eigenvalue weighted by Gasteiger charge is 2.19. The molecule has 1 heterocycles. The van der Waals surface area contributed by atoms with Gasteiger partial charge in [-0.2, -0.15) is 0 Å². The molecule has 0 aliphatic heterocycles. The van der Waals surface area contributed by atoms with Gasteiger partial charge in [-0.15, -0.1) is 0 Å². The van der Waals surface area contributed by atoms with Gasteiger partial charge < -0.3 is 14.6 Å². The Labute approximate surface area is 161 Å². The second kappa shape index (κ2) is 8.58. The van der Waals surface area contributed by atoms with Crippen molar-refractivity contribution in [2.24, 2.45) is 0 Å². The standard InChI is InChI=1S/C19H20ClN3O2S/c1-13(18(24)21-15-9-7-14(20)8-10-15)26-19-22-16-5-3-4-6-17(16)23(19)11-12-25-2/h3-10,13H,11-12H2,1-2H3,(H,21,24)/t13-/m0/s1. The second-order valence-electron chi connectivity index (χ2n) is 5.78. The number of hydrogen-bond donors (Lipinski definition) is 1. The molecule has 0 aliphatic rings. The first-order chi connectivity index (χ1) is 12.6. The van der Waals surface area contributed by atoms with Gasteiger partial charge in [0.15, 0.2) is 5.16 Å². The molecule has 0 bridgehead atoms. The first kappa shape index (κ1) is 18.8. The average Bonchev–Trinajstić information content (AvgIpc) is 2.98. The molecule has 0 saturated carbocycles. The van der Waals surface area contributed by atoms with Crippen molar-refractivity contribution in [1.29, 1.82) is 0 Å². The predicted molar refractivity (Wildman–Crippen MR) is 107 cm³/mol. The number of imidazole rings is 1. The van der Waals surface area contributed by atoms with E-state index in [9.17, 15) is 4.79 Å². The van der Waals surface area contributed by atoms with E-state index < -0.39 is 0 Å². The van der Waals surface area contributed by atoms with Crippen molar-refractivity contribution in [2.45, 2.75) is 23.9 Å². The van der Waals surface area contributed by atoms with Gasteiger partial charge in [0.25, 0.3) is 0 Å². The Bertz CT molecular complexity index is 895. The SMILES string of the molecule is COCCn1c(S[C@@H](C)C(=O)Nc2ccc(Cl)cc2)nc2ccccc21. The molecule has 5 nitrogen and oxygen atoms in total. The summed E-state index contributed by atoms with van der Waals surface area (Å²) in [7, 11) is 1.67. The number of rotatable bonds is 7. The minimum Gasteiger partial charge on any atom is -0.383 e. The Morgan fingerprint density at radius 2 is 2.00 bits per heavy atom. The Balaban J connectivity index is 1.76. The number of ether oxygens (including phenoxy) is 1. The number of fused-ring (bicyclic) bond motifs is 1. The molecule has 1 atom stereocenters. The second-order valence-corrected chi connectivity index (χ2v) is 7.53. The third-order valence-corrected chi connectivity index (χ3v) is 5.24. The van der Waals surface area contributed by atoms with Crippen molar-refractivity contribution in [3.63, 3.8) is 0 Å². The highest BCUT2D eigenvalue weighted by Crippen LogP contribution is 2.28. The van der Waals surface area contributed by atoms with Crippen LogP contribution in [0, 0.1) is 0 Å². The molecule has 26 heavy (non-hydrogen) atoms. The van der Waals surface area contributed by atoms with Gasteiger partial charge in [0.05, 0.1) is 22.9 Å². The summed E-state index contributed by atoms with van der Waals surface area (Å²) in [6.45, 7) is 3.14. The van der Waals surface area contributed by atoms with Gasteiger partial charge in [0.1, 0.15) is 0 Å². The number of hydrogen-bond acceptors (Lipinski definition) is 4. The fourth-order valence-corrected chi connectivity index (χ4v) is 3.61. The number of amides is 1. The molecule has 0 unspecified atom stereocenters. The number of benzene rings is 2. The molecule has 0 radical (unpaired) electrons. The van der Waals surface area contributed by atoms with E-state index in [2.05, 4.69) is 14.9 Å². The highest BCUT2D eigenvalue weighted by atomic mass is 35.5. The van der Waals surface area contributed by atoms with Crippen molar-refractivity contribution in [3.05, 3.63) is 53.6 Å². The zero-order chi connectivity index (χ0) is 18.5. The summed E-state index contributed by atoms with van der Waals surface area (Å²) in [6, 6.07) is 15.0. The van der Waals surface area contributed by atoms with Gasteiger partial charge >= 0.3 is 0 Å². The summed E-state index contributed by atoms with van der Waals surface area (Å²) in [5.41, 5.74) is 2.67. The monoisotopic (exact) mass is 389 g/mol. The van der Waals surface area contributed by atoms with Crippen molar-refractivity contribution in [2.75, 3.05) is 19.0 Å². The maximum atomic E-state index is 12.5. The number of methoxy groups -OCH3 is 1. The minimum absolute atomic E-state index is 0.0809. The van der Waals surface area contributed by atoms with E-state index in [1.54, 1.807) is 31.4 Å². The van der Waals surface area contributed by atoms with E-state index in [1.807, 2.05) is 31.2 Å². The molecule has 0 aliphatic carbocycles. The van der Waals surface area contributed by atoms with Crippen LogP contribution < -0.4 is 5.32 Å². The molecule has 0 spiro atoms. The molecule has 2 aromatic carbocycles. The average molecular weight is 390 g/mol. The van der Waals surface area contributed by atoms with E-state index >= 15 is 0 Å². The van der Waals surface area contributed by atoms with E-state index in [0.717, 1.165) is 21.9 Å². The molecule has 1 aromatic heterocycles. The molecule has 136 valence electrons. The van der Waals surface area contributed by atoms with Crippen molar-refractivity contribution in [1.82, 2.24) is 9.55 Å².